The molecule has 0 saturated carbocycles. The second-order valence-corrected chi connectivity index (χ2v) is 8.46. The number of benzene rings is 1. The Labute approximate surface area is 147 Å². The lowest BCUT2D eigenvalue weighted by molar-refractivity contribution is -0.134. The Morgan fingerprint density at radius 2 is 2.00 bits per heavy atom. The van der Waals surface area contributed by atoms with Crippen molar-refractivity contribution in [3.05, 3.63) is 29.3 Å². The molecule has 6 nitrogen and oxygen atoms in total. The number of hydrogen-bond acceptors (Lipinski definition) is 4. The van der Waals surface area contributed by atoms with Crippen LogP contribution in [0.2, 0.25) is 5.02 Å². The molecule has 1 amide bonds. The van der Waals surface area contributed by atoms with E-state index in [0.717, 1.165) is 19.4 Å². The summed E-state index contributed by atoms with van der Waals surface area (Å²) in [5.41, 5.74) is 0. The summed E-state index contributed by atoms with van der Waals surface area (Å²) in [4.78, 5) is 14.2. The van der Waals surface area contributed by atoms with Gasteiger partial charge in [-0.25, -0.2) is 8.42 Å². The van der Waals surface area contributed by atoms with Gasteiger partial charge in [0, 0.05) is 37.8 Å². The Morgan fingerprint density at radius 1 is 1.25 bits per heavy atom. The highest BCUT2D eigenvalue weighted by atomic mass is 35.5. The number of hydrogen-bond donors (Lipinski definition) is 0. The maximum absolute atomic E-state index is 12.6. The Hall–Kier alpha value is -1.15. The summed E-state index contributed by atoms with van der Waals surface area (Å²) in [7, 11) is -3.57. The predicted molar refractivity (Wildman–Crippen MR) is 90.4 cm³/mol. The van der Waals surface area contributed by atoms with Gasteiger partial charge in [-0.2, -0.15) is 4.31 Å². The van der Waals surface area contributed by atoms with Crippen LogP contribution in [0.5, 0.6) is 0 Å². The summed E-state index contributed by atoms with van der Waals surface area (Å²) in [6.45, 7) is 2.14. The standard InChI is InChI=1S/C16H21ClN2O4S/c17-13-3-1-5-15(11-13)24(21,22)19-8-6-18(7-9-19)16(20)12-14-4-2-10-23-14/h1,3,5,11,14H,2,4,6-10,12H2. The van der Waals surface area contributed by atoms with Crippen molar-refractivity contribution in [1.82, 2.24) is 9.21 Å². The van der Waals surface area contributed by atoms with Crippen LogP contribution in [-0.4, -0.2) is 62.4 Å². The van der Waals surface area contributed by atoms with Crippen molar-refractivity contribution < 1.29 is 17.9 Å². The lowest BCUT2D eigenvalue weighted by Crippen LogP contribution is -2.50. The number of sulfonamides is 1. The first-order chi connectivity index (χ1) is 11.5. The molecule has 1 atom stereocenters. The molecule has 8 heteroatoms. The van der Waals surface area contributed by atoms with E-state index in [1.165, 1.54) is 16.4 Å². The number of ether oxygens (including phenoxy) is 1. The van der Waals surface area contributed by atoms with Crippen LogP contribution < -0.4 is 0 Å². The van der Waals surface area contributed by atoms with Crippen molar-refractivity contribution in [3.63, 3.8) is 0 Å². The second-order valence-electron chi connectivity index (χ2n) is 6.08. The molecule has 0 radical (unpaired) electrons. The van der Waals surface area contributed by atoms with E-state index in [4.69, 9.17) is 16.3 Å². The van der Waals surface area contributed by atoms with Crippen molar-refractivity contribution in [2.45, 2.75) is 30.3 Å². The lowest BCUT2D eigenvalue weighted by Gasteiger charge is -2.34. The van der Waals surface area contributed by atoms with Crippen molar-refractivity contribution in [2.75, 3.05) is 32.8 Å². The number of halogens is 1. The molecule has 3 rings (SSSR count). The summed E-state index contributed by atoms with van der Waals surface area (Å²) in [5, 5.41) is 0.390. The normalized spacial score (nSPS) is 22.7. The molecule has 2 heterocycles. The van der Waals surface area contributed by atoms with E-state index in [-0.39, 0.29) is 16.9 Å². The molecule has 1 aromatic rings. The van der Waals surface area contributed by atoms with Gasteiger partial charge in [0.1, 0.15) is 0 Å². The fraction of sp³-hybridized carbons (Fsp3) is 0.562. The molecule has 0 spiro atoms. The van der Waals surface area contributed by atoms with Crippen LogP contribution in [0.25, 0.3) is 0 Å². The van der Waals surface area contributed by atoms with Gasteiger partial charge in [0.25, 0.3) is 0 Å². The molecule has 1 unspecified atom stereocenters. The van der Waals surface area contributed by atoms with Gasteiger partial charge in [-0.3, -0.25) is 4.79 Å². The monoisotopic (exact) mass is 372 g/mol. The zero-order valence-electron chi connectivity index (χ0n) is 13.4. The van der Waals surface area contributed by atoms with Crippen LogP contribution in [0.1, 0.15) is 19.3 Å². The zero-order chi connectivity index (χ0) is 17.2. The minimum Gasteiger partial charge on any atom is -0.378 e. The molecule has 1 aromatic carbocycles. The van der Waals surface area contributed by atoms with E-state index < -0.39 is 10.0 Å². The van der Waals surface area contributed by atoms with E-state index in [9.17, 15) is 13.2 Å². The Morgan fingerprint density at radius 3 is 2.62 bits per heavy atom. The number of carbonyl (C=O) groups is 1. The van der Waals surface area contributed by atoms with Crippen molar-refractivity contribution in [3.8, 4) is 0 Å². The summed E-state index contributed by atoms with van der Waals surface area (Å²) in [6.07, 6.45) is 2.34. The fourth-order valence-electron chi connectivity index (χ4n) is 3.08. The topological polar surface area (TPSA) is 66.9 Å². The largest absolute Gasteiger partial charge is 0.378 e. The number of amides is 1. The predicted octanol–water partition coefficient (Wildman–Crippen LogP) is 1.74. The second kappa shape index (κ2) is 7.39. The first kappa shape index (κ1) is 17.7. The molecule has 2 fully saturated rings. The van der Waals surface area contributed by atoms with Gasteiger partial charge in [0.15, 0.2) is 0 Å². The minimum absolute atomic E-state index is 0.0192. The molecule has 0 N–H and O–H groups in total. The molecule has 0 aromatic heterocycles. The van der Waals surface area contributed by atoms with Gasteiger partial charge in [-0.15, -0.1) is 0 Å². The van der Waals surface area contributed by atoms with Crippen LogP contribution in [0, 0.1) is 0 Å². The third-order valence-electron chi connectivity index (χ3n) is 4.45. The summed E-state index contributed by atoms with van der Waals surface area (Å²) in [5.74, 6) is 0.0432. The molecular formula is C16H21ClN2O4S. The lowest BCUT2D eigenvalue weighted by atomic mass is 10.1. The molecular weight excluding hydrogens is 352 g/mol. The SMILES string of the molecule is O=C(CC1CCCO1)N1CCN(S(=O)(=O)c2cccc(Cl)c2)CC1. The number of nitrogens with zero attached hydrogens (tertiary/aromatic N) is 2. The van der Waals surface area contributed by atoms with Crippen LogP contribution in [-0.2, 0) is 19.6 Å². The highest BCUT2D eigenvalue weighted by molar-refractivity contribution is 7.89. The summed E-state index contributed by atoms with van der Waals surface area (Å²) >= 11 is 5.89. The molecule has 0 aliphatic carbocycles. The van der Waals surface area contributed by atoms with E-state index >= 15 is 0 Å². The third kappa shape index (κ3) is 3.91. The number of rotatable bonds is 4. The van der Waals surface area contributed by atoms with Gasteiger partial charge < -0.3 is 9.64 Å². The maximum atomic E-state index is 12.6. The van der Waals surface area contributed by atoms with E-state index in [1.807, 2.05) is 0 Å². The van der Waals surface area contributed by atoms with E-state index in [0.29, 0.717) is 37.6 Å². The molecule has 2 saturated heterocycles. The maximum Gasteiger partial charge on any atom is 0.243 e. The Bertz CT molecular complexity index is 696. The quantitative estimate of drug-likeness (QED) is 0.807. The average Bonchev–Trinajstić information content (AvgIpc) is 3.08. The number of piperazine rings is 1. The molecule has 132 valence electrons. The highest BCUT2D eigenvalue weighted by Gasteiger charge is 2.31. The van der Waals surface area contributed by atoms with Crippen molar-refractivity contribution in [1.29, 1.82) is 0 Å². The van der Waals surface area contributed by atoms with Gasteiger partial charge in [0.2, 0.25) is 15.9 Å². The van der Waals surface area contributed by atoms with E-state index in [2.05, 4.69) is 0 Å². The van der Waals surface area contributed by atoms with Crippen LogP contribution >= 0.6 is 11.6 Å². The fourth-order valence-corrected chi connectivity index (χ4v) is 4.81. The van der Waals surface area contributed by atoms with Gasteiger partial charge >= 0.3 is 0 Å². The van der Waals surface area contributed by atoms with Crippen LogP contribution in [0.3, 0.4) is 0 Å². The Balaban J connectivity index is 1.59. The smallest absolute Gasteiger partial charge is 0.243 e. The first-order valence-corrected chi connectivity index (χ1v) is 9.94. The first-order valence-electron chi connectivity index (χ1n) is 8.12. The van der Waals surface area contributed by atoms with Gasteiger partial charge in [-0.05, 0) is 31.0 Å². The molecule has 2 aliphatic rings. The van der Waals surface area contributed by atoms with Crippen molar-refractivity contribution >= 4 is 27.5 Å². The molecule has 2 aliphatic heterocycles. The summed E-state index contributed by atoms with van der Waals surface area (Å²) in [6, 6.07) is 6.25. The van der Waals surface area contributed by atoms with Crippen molar-refractivity contribution in [2.24, 2.45) is 0 Å². The van der Waals surface area contributed by atoms with Gasteiger partial charge in [-0.1, -0.05) is 17.7 Å². The van der Waals surface area contributed by atoms with Gasteiger partial charge in [0.05, 0.1) is 17.4 Å². The number of carbonyl (C=O) groups excluding carboxylic acids is 1. The average molecular weight is 373 g/mol. The summed E-state index contributed by atoms with van der Waals surface area (Å²) < 4.78 is 32.2. The highest BCUT2D eigenvalue weighted by Crippen LogP contribution is 2.22. The Kier molecular flexibility index (Phi) is 5.44. The third-order valence-corrected chi connectivity index (χ3v) is 6.58. The molecule has 24 heavy (non-hydrogen) atoms. The van der Waals surface area contributed by atoms with Crippen LogP contribution in [0.15, 0.2) is 29.2 Å². The van der Waals surface area contributed by atoms with E-state index in [1.54, 1.807) is 17.0 Å². The minimum atomic E-state index is -3.57. The zero-order valence-corrected chi connectivity index (χ0v) is 14.9. The van der Waals surface area contributed by atoms with Crippen LogP contribution in [0.4, 0.5) is 0 Å². The molecule has 0 bridgehead atoms.